The number of anilines is 1. The first-order valence-corrected chi connectivity index (χ1v) is 10.5. The van der Waals surface area contributed by atoms with Gasteiger partial charge in [-0.05, 0) is 23.1 Å². The van der Waals surface area contributed by atoms with Gasteiger partial charge in [0, 0.05) is 7.05 Å². The summed E-state index contributed by atoms with van der Waals surface area (Å²) in [4.78, 5) is 11.9. The molecule has 1 aromatic carbocycles. The van der Waals surface area contributed by atoms with Crippen LogP contribution in [0.4, 0.5) is 5.13 Å². The maximum Gasteiger partial charge on any atom is 0.236 e. The minimum atomic E-state index is -0.165. The van der Waals surface area contributed by atoms with Gasteiger partial charge in [-0.15, -0.1) is 20.4 Å². The van der Waals surface area contributed by atoms with E-state index in [2.05, 4.69) is 58.6 Å². The van der Waals surface area contributed by atoms with Crippen molar-refractivity contribution in [2.24, 2.45) is 7.05 Å². The SMILES string of the molecule is Cn1c(COc2ccc(C(C)(C)C)cc2)nnc1SCC(=O)Nc1nncs1. The number of hydrogen-bond donors (Lipinski definition) is 1. The number of benzene rings is 1. The quantitative estimate of drug-likeness (QED) is 0.588. The second kappa shape index (κ2) is 8.70. The van der Waals surface area contributed by atoms with Gasteiger partial charge in [0.25, 0.3) is 0 Å². The van der Waals surface area contributed by atoms with Crippen molar-refractivity contribution < 1.29 is 9.53 Å². The molecule has 0 unspecified atom stereocenters. The maximum atomic E-state index is 11.9. The highest BCUT2D eigenvalue weighted by atomic mass is 32.2. The molecule has 28 heavy (non-hydrogen) atoms. The summed E-state index contributed by atoms with van der Waals surface area (Å²) in [6.45, 7) is 6.83. The Bertz CT molecular complexity index is 917. The fourth-order valence-corrected chi connectivity index (χ4v) is 3.50. The van der Waals surface area contributed by atoms with E-state index in [4.69, 9.17) is 4.74 Å². The van der Waals surface area contributed by atoms with Gasteiger partial charge in [-0.3, -0.25) is 10.1 Å². The molecule has 0 spiro atoms. The third-order valence-corrected chi connectivity index (χ3v) is 5.58. The number of carbonyl (C=O) groups excluding carboxylic acids is 1. The Morgan fingerprint density at radius 2 is 1.96 bits per heavy atom. The Labute approximate surface area is 171 Å². The number of thioether (sulfide) groups is 1. The van der Waals surface area contributed by atoms with Crippen molar-refractivity contribution in [3.8, 4) is 5.75 Å². The fourth-order valence-electron chi connectivity index (χ4n) is 2.31. The molecule has 0 saturated carbocycles. The number of hydrogen-bond acceptors (Lipinski definition) is 8. The molecular weight excluding hydrogens is 396 g/mol. The van der Waals surface area contributed by atoms with E-state index in [1.165, 1.54) is 28.7 Å². The summed E-state index contributed by atoms with van der Waals surface area (Å²) in [5, 5.41) is 19.6. The Hall–Kier alpha value is -2.46. The van der Waals surface area contributed by atoms with Crippen molar-refractivity contribution in [1.82, 2.24) is 25.0 Å². The number of carbonyl (C=O) groups is 1. The van der Waals surface area contributed by atoms with E-state index in [0.717, 1.165) is 5.75 Å². The molecule has 8 nitrogen and oxygen atoms in total. The molecule has 1 amide bonds. The van der Waals surface area contributed by atoms with Crippen LogP contribution in [0, 0.1) is 0 Å². The van der Waals surface area contributed by atoms with Crippen molar-refractivity contribution in [3.05, 3.63) is 41.2 Å². The van der Waals surface area contributed by atoms with Gasteiger partial charge in [0.05, 0.1) is 5.75 Å². The van der Waals surface area contributed by atoms with Gasteiger partial charge >= 0.3 is 0 Å². The summed E-state index contributed by atoms with van der Waals surface area (Å²) in [6, 6.07) is 8.07. The van der Waals surface area contributed by atoms with E-state index in [1.807, 2.05) is 23.7 Å². The van der Waals surface area contributed by atoms with Gasteiger partial charge in [-0.25, -0.2) is 0 Å². The second-order valence-electron chi connectivity index (χ2n) is 7.10. The third kappa shape index (κ3) is 5.29. The molecule has 0 radical (unpaired) electrons. The summed E-state index contributed by atoms with van der Waals surface area (Å²) in [6.07, 6.45) is 0. The molecule has 0 aliphatic carbocycles. The van der Waals surface area contributed by atoms with Crippen LogP contribution in [-0.2, 0) is 23.9 Å². The van der Waals surface area contributed by atoms with Crippen molar-refractivity contribution >= 4 is 34.1 Å². The van der Waals surface area contributed by atoms with Crippen LogP contribution in [0.2, 0.25) is 0 Å². The van der Waals surface area contributed by atoms with Crippen molar-refractivity contribution in [3.63, 3.8) is 0 Å². The molecule has 3 rings (SSSR count). The van der Waals surface area contributed by atoms with Crippen LogP contribution in [0.25, 0.3) is 0 Å². The third-order valence-electron chi connectivity index (χ3n) is 3.95. The van der Waals surface area contributed by atoms with Gasteiger partial charge in [0.2, 0.25) is 11.0 Å². The van der Waals surface area contributed by atoms with Crippen LogP contribution in [0.5, 0.6) is 5.75 Å². The molecule has 3 aromatic rings. The molecule has 1 N–H and O–H groups in total. The lowest BCUT2D eigenvalue weighted by molar-refractivity contribution is -0.113. The Balaban J connectivity index is 1.52. The summed E-state index contributed by atoms with van der Waals surface area (Å²) in [5.74, 6) is 1.51. The molecule has 0 aliphatic rings. The van der Waals surface area contributed by atoms with E-state index in [0.29, 0.717) is 22.7 Å². The molecule has 0 atom stereocenters. The molecule has 0 bridgehead atoms. The van der Waals surface area contributed by atoms with Crippen LogP contribution in [0.1, 0.15) is 32.2 Å². The van der Waals surface area contributed by atoms with Crippen molar-refractivity contribution in [2.75, 3.05) is 11.1 Å². The first-order valence-electron chi connectivity index (χ1n) is 8.63. The topological polar surface area (TPSA) is 94.8 Å². The van der Waals surface area contributed by atoms with Crippen LogP contribution in [-0.4, -0.2) is 36.6 Å². The van der Waals surface area contributed by atoms with Gasteiger partial charge in [0.15, 0.2) is 11.0 Å². The molecule has 148 valence electrons. The summed E-state index contributed by atoms with van der Waals surface area (Å²) < 4.78 is 7.65. The molecule has 0 saturated heterocycles. The van der Waals surface area contributed by atoms with E-state index in [9.17, 15) is 4.79 Å². The maximum absolute atomic E-state index is 11.9. The smallest absolute Gasteiger partial charge is 0.236 e. The molecule has 2 aromatic heterocycles. The van der Waals surface area contributed by atoms with Crippen LogP contribution < -0.4 is 10.1 Å². The van der Waals surface area contributed by atoms with Crippen molar-refractivity contribution in [2.45, 2.75) is 37.9 Å². The van der Waals surface area contributed by atoms with Gasteiger partial charge in [-0.1, -0.05) is 56.0 Å². The van der Waals surface area contributed by atoms with Crippen LogP contribution >= 0.6 is 23.1 Å². The van der Waals surface area contributed by atoms with Gasteiger partial charge in [0.1, 0.15) is 17.9 Å². The summed E-state index contributed by atoms with van der Waals surface area (Å²) >= 11 is 2.58. The predicted octanol–water partition coefficient (Wildman–Crippen LogP) is 3.27. The highest BCUT2D eigenvalue weighted by Crippen LogP contribution is 2.25. The molecule has 0 fully saturated rings. The zero-order chi connectivity index (χ0) is 20.1. The summed E-state index contributed by atoms with van der Waals surface area (Å²) in [7, 11) is 1.85. The fraction of sp³-hybridized carbons (Fsp3) is 0.389. The monoisotopic (exact) mass is 418 g/mol. The molecule has 0 aliphatic heterocycles. The minimum absolute atomic E-state index is 0.108. The molecular formula is C18H22N6O2S2. The molecule has 2 heterocycles. The normalized spacial score (nSPS) is 11.4. The Morgan fingerprint density at radius 3 is 2.61 bits per heavy atom. The minimum Gasteiger partial charge on any atom is -0.486 e. The number of nitrogens with one attached hydrogen (secondary N) is 1. The van der Waals surface area contributed by atoms with E-state index in [-0.39, 0.29) is 17.1 Å². The first kappa shape index (κ1) is 20.3. The molecule has 10 heteroatoms. The van der Waals surface area contributed by atoms with Gasteiger partial charge in [-0.2, -0.15) is 0 Å². The van der Waals surface area contributed by atoms with E-state index >= 15 is 0 Å². The standard InChI is InChI=1S/C18H22N6O2S2/c1-18(2,3)12-5-7-13(8-6-12)26-9-14-21-23-17(24(14)4)27-10-15(25)20-16-22-19-11-28-16/h5-8,11H,9-10H2,1-4H3,(H,20,22,25). The largest absolute Gasteiger partial charge is 0.486 e. The number of rotatable bonds is 7. The number of aromatic nitrogens is 5. The Morgan fingerprint density at radius 1 is 1.21 bits per heavy atom. The highest BCUT2D eigenvalue weighted by molar-refractivity contribution is 7.99. The average Bonchev–Trinajstić information content (AvgIpc) is 3.28. The van der Waals surface area contributed by atoms with E-state index in [1.54, 1.807) is 5.51 Å². The van der Waals surface area contributed by atoms with Crippen molar-refractivity contribution in [1.29, 1.82) is 0 Å². The number of nitrogens with zero attached hydrogens (tertiary/aromatic N) is 5. The zero-order valence-electron chi connectivity index (χ0n) is 16.2. The first-order chi connectivity index (χ1) is 13.3. The second-order valence-corrected chi connectivity index (χ2v) is 8.88. The number of amides is 1. The van der Waals surface area contributed by atoms with Gasteiger partial charge < -0.3 is 9.30 Å². The lowest BCUT2D eigenvalue weighted by Gasteiger charge is -2.19. The van der Waals surface area contributed by atoms with Crippen LogP contribution in [0.3, 0.4) is 0 Å². The highest BCUT2D eigenvalue weighted by Gasteiger charge is 2.14. The predicted molar refractivity (Wildman–Crippen MR) is 110 cm³/mol. The lowest BCUT2D eigenvalue weighted by atomic mass is 9.87. The average molecular weight is 419 g/mol. The number of ether oxygens (including phenoxy) is 1. The van der Waals surface area contributed by atoms with E-state index < -0.39 is 0 Å². The Kier molecular flexibility index (Phi) is 6.30. The summed E-state index contributed by atoms with van der Waals surface area (Å²) in [5.41, 5.74) is 2.93. The zero-order valence-corrected chi connectivity index (χ0v) is 17.8. The lowest BCUT2D eigenvalue weighted by Crippen LogP contribution is -2.14. The van der Waals surface area contributed by atoms with Crippen LogP contribution in [0.15, 0.2) is 34.9 Å².